The molecule has 1 unspecified atom stereocenters. The summed E-state index contributed by atoms with van der Waals surface area (Å²) in [6.45, 7) is 1.72. The van der Waals surface area contributed by atoms with Crippen molar-refractivity contribution < 1.29 is 26.7 Å². The molecule has 14 heteroatoms. The number of fused-ring (bicyclic) bond motifs is 2. The van der Waals surface area contributed by atoms with Gasteiger partial charge in [-0.15, -0.1) is 0 Å². The second-order valence-electron chi connectivity index (χ2n) is 9.82. The first-order chi connectivity index (χ1) is 21.2. The van der Waals surface area contributed by atoms with Gasteiger partial charge in [-0.25, -0.2) is 32.4 Å². The average molecular weight is 619 g/mol. The highest BCUT2D eigenvalue weighted by molar-refractivity contribution is 7.77. The van der Waals surface area contributed by atoms with Crippen LogP contribution in [0.15, 0.2) is 76.2 Å². The van der Waals surface area contributed by atoms with Crippen molar-refractivity contribution in [1.29, 1.82) is 0 Å². The fraction of sp³-hybridized carbons (Fsp3) is 0.133. The maximum atomic E-state index is 14.9. The van der Waals surface area contributed by atoms with Crippen LogP contribution in [-0.4, -0.2) is 35.6 Å². The van der Waals surface area contributed by atoms with Crippen LogP contribution in [0.2, 0.25) is 0 Å². The summed E-state index contributed by atoms with van der Waals surface area (Å²) in [5.74, 6) is -0.663. The van der Waals surface area contributed by atoms with Crippen LogP contribution >= 0.6 is 0 Å². The quantitative estimate of drug-likeness (QED) is 0.200. The molecular weight excluding hydrogens is 594 g/mol. The fourth-order valence-corrected chi connectivity index (χ4v) is 5.49. The van der Waals surface area contributed by atoms with Gasteiger partial charge in [-0.05, 0) is 55.0 Å². The number of aromatic nitrogens is 4. The summed E-state index contributed by atoms with van der Waals surface area (Å²) in [7, 11) is 1.48. The number of methoxy groups -OCH3 is 1. The molecule has 6 rings (SSSR count). The second kappa shape index (κ2) is 11.6. The standard InChI is InChI=1S/C30H24F2N6O5S/c1-15(28-23(16-5-3-6-19(31)12-16)27(39)24-20(32)7-4-8-22(24)43-28)38-30-25(29(33)34-14-35-30)26(37-38)17-9-10-21(42-2)18(11-17)13-36-44(40)41/h3-12,14-15,36H,13H2,1-2H3,(H,40,41)(H2,33,34,35)/t15-/m1/s1. The molecule has 0 saturated carbocycles. The lowest BCUT2D eigenvalue weighted by atomic mass is 9.99. The van der Waals surface area contributed by atoms with Crippen LogP contribution in [0.25, 0.3) is 44.4 Å². The Kier molecular flexibility index (Phi) is 7.63. The van der Waals surface area contributed by atoms with E-state index in [9.17, 15) is 22.3 Å². The van der Waals surface area contributed by atoms with Gasteiger partial charge in [-0.2, -0.15) is 5.10 Å². The van der Waals surface area contributed by atoms with E-state index in [0.29, 0.717) is 33.6 Å². The normalized spacial score (nSPS) is 12.9. The summed E-state index contributed by atoms with van der Waals surface area (Å²) in [6, 6.07) is 13.8. The van der Waals surface area contributed by atoms with Gasteiger partial charge in [0.2, 0.25) is 16.7 Å². The maximum Gasteiger partial charge on any atom is 0.232 e. The van der Waals surface area contributed by atoms with Gasteiger partial charge in [0, 0.05) is 17.7 Å². The Hall–Kier alpha value is -5.05. The zero-order valence-corrected chi connectivity index (χ0v) is 24.1. The summed E-state index contributed by atoms with van der Waals surface area (Å²) in [5, 5.41) is 4.96. The summed E-state index contributed by atoms with van der Waals surface area (Å²) >= 11 is -2.26. The lowest BCUT2D eigenvalue weighted by Crippen LogP contribution is -2.17. The van der Waals surface area contributed by atoms with E-state index in [2.05, 4.69) is 14.7 Å². The molecule has 3 heterocycles. The average Bonchev–Trinajstić information content (AvgIpc) is 3.40. The van der Waals surface area contributed by atoms with Crippen molar-refractivity contribution in [2.45, 2.75) is 19.5 Å². The number of benzene rings is 3. The van der Waals surface area contributed by atoms with E-state index in [1.807, 2.05) is 0 Å². The minimum Gasteiger partial charge on any atom is -0.496 e. The zero-order chi connectivity index (χ0) is 31.1. The highest BCUT2D eigenvalue weighted by atomic mass is 32.2. The molecule has 3 aromatic carbocycles. The van der Waals surface area contributed by atoms with E-state index in [1.54, 1.807) is 25.1 Å². The molecule has 2 atom stereocenters. The third kappa shape index (κ3) is 5.08. The summed E-state index contributed by atoms with van der Waals surface area (Å²) in [5.41, 5.74) is 7.64. The number of hydrogen-bond acceptors (Lipinski definition) is 8. The monoisotopic (exact) mass is 618 g/mol. The van der Waals surface area contributed by atoms with Crippen molar-refractivity contribution in [1.82, 2.24) is 24.5 Å². The Morgan fingerprint density at radius 1 is 1.09 bits per heavy atom. The highest BCUT2D eigenvalue weighted by Gasteiger charge is 2.28. The van der Waals surface area contributed by atoms with Crippen LogP contribution in [0, 0.1) is 11.6 Å². The number of nitrogens with one attached hydrogen (secondary N) is 1. The molecule has 0 fully saturated rings. The number of nitrogen functional groups attached to an aromatic ring is 1. The van der Waals surface area contributed by atoms with E-state index >= 15 is 0 Å². The molecule has 0 aliphatic carbocycles. The number of anilines is 1. The van der Waals surface area contributed by atoms with Crippen LogP contribution in [-0.2, 0) is 17.8 Å². The number of ether oxygens (including phenoxy) is 1. The van der Waals surface area contributed by atoms with Gasteiger partial charge in [0.05, 0.1) is 18.1 Å². The number of rotatable bonds is 8. The van der Waals surface area contributed by atoms with Crippen molar-refractivity contribution >= 4 is 39.1 Å². The molecule has 0 amide bonds. The van der Waals surface area contributed by atoms with E-state index in [0.717, 1.165) is 6.07 Å². The van der Waals surface area contributed by atoms with Crippen LogP contribution in [0.1, 0.15) is 24.3 Å². The van der Waals surface area contributed by atoms with Crippen molar-refractivity contribution in [2.75, 3.05) is 12.8 Å². The largest absolute Gasteiger partial charge is 0.496 e. The number of hydrogen-bond donors (Lipinski definition) is 3. The van der Waals surface area contributed by atoms with Crippen molar-refractivity contribution in [3.05, 3.63) is 100 Å². The Balaban J connectivity index is 1.59. The molecular formula is C30H24F2N6O5S. The van der Waals surface area contributed by atoms with Crippen molar-refractivity contribution in [2.24, 2.45) is 0 Å². The Morgan fingerprint density at radius 2 is 1.89 bits per heavy atom. The Bertz CT molecular complexity index is 2150. The maximum absolute atomic E-state index is 14.9. The minimum absolute atomic E-state index is 0.0106. The van der Waals surface area contributed by atoms with E-state index in [4.69, 9.17) is 20.0 Å². The number of nitrogens with two attached hydrogens (primary N) is 1. The number of nitrogens with zero attached hydrogens (tertiary/aromatic N) is 4. The van der Waals surface area contributed by atoms with E-state index in [-0.39, 0.29) is 40.2 Å². The lowest BCUT2D eigenvalue weighted by Gasteiger charge is -2.17. The Labute approximate surface area is 250 Å². The second-order valence-corrected chi connectivity index (χ2v) is 10.6. The van der Waals surface area contributed by atoms with Gasteiger partial charge in [0.25, 0.3) is 0 Å². The van der Waals surface area contributed by atoms with Crippen LogP contribution < -0.4 is 20.6 Å². The fourth-order valence-electron chi connectivity index (χ4n) is 5.21. The van der Waals surface area contributed by atoms with Gasteiger partial charge >= 0.3 is 0 Å². The molecule has 0 saturated heterocycles. The van der Waals surface area contributed by atoms with E-state index in [1.165, 1.54) is 54.5 Å². The molecule has 3 aromatic heterocycles. The molecule has 0 spiro atoms. The predicted molar refractivity (Wildman–Crippen MR) is 161 cm³/mol. The van der Waals surface area contributed by atoms with Crippen molar-refractivity contribution in [3.8, 4) is 28.1 Å². The molecule has 224 valence electrons. The van der Waals surface area contributed by atoms with Crippen LogP contribution in [0.5, 0.6) is 5.75 Å². The number of halogens is 2. The van der Waals surface area contributed by atoms with Crippen molar-refractivity contribution in [3.63, 3.8) is 0 Å². The lowest BCUT2D eigenvalue weighted by molar-refractivity contribution is 0.409. The highest BCUT2D eigenvalue weighted by Crippen LogP contribution is 2.37. The first kappa shape index (κ1) is 29.0. The SMILES string of the molecule is COc1ccc(-c2nn([C@H](C)c3oc4cccc(F)c4c(=O)c3-c3cccc(F)c3)c3ncnc(N)c23)cc1CNS(=O)O. The minimum atomic E-state index is -2.26. The molecule has 0 radical (unpaired) electrons. The first-order valence-electron chi connectivity index (χ1n) is 13.2. The molecule has 0 bridgehead atoms. The third-order valence-electron chi connectivity index (χ3n) is 7.21. The van der Waals surface area contributed by atoms with Gasteiger partial charge in [-0.1, -0.05) is 18.2 Å². The summed E-state index contributed by atoms with van der Waals surface area (Å²) in [6.07, 6.45) is 1.27. The molecule has 6 aromatic rings. The molecule has 44 heavy (non-hydrogen) atoms. The summed E-state index contributed by atoms with van der Waals surface area (Å²) in [4.78, 5) is 22.4. The molecule has 0 aliphatic rings. The van der Waals surface area contributed by atoms with Gasteiger partial charge < -0.3 is 14.9 Å². The molecule has 11 nitrogen and oxygen atoms in total. The van der Waals surface area contributed by atoms with Crippen LogP contribution in [0.4, 0.5) is 14.6 Å². The third-order valence-corrected chi connectivity index (χ3v) is 7.60. The smallest absolute Gasteiger partial charge is 0.232 e. The van der Waals surface area contributed by atoms with Crippen LogP contribution in [0.3, 0.4) is 0 Å². The Morgan fingerprint density at radius 3 is 2.64 bits per heavy atom. The van der Waals surface area contributed by atoms with Gasteiger partial charge in [0.15, 0.2) is 5.65 Å². The zero-order valence-electron chi connectivity index (χ0n) is 23.2. The topological polar surface area (TPSA) is 158 Å². The predicted octanol–water partition coefficient (Wildman–Crippen LogP) is 4.97. The van der Waals surface area contributed by atoms with Gasteiger partial charge in [0.1, 0.15) is 58.0 Å². The van der Waals surface area contributed by atoms with Gasteiger partial charge in [-0.3, -0.25) is 9.35 Å². The van der Waals surface area contributed by atoms with E-state index < -0.39 is 34.4 Å². The first-order valence-corrected chi connectivity index (χ1v) is 14.3. The molecule has 4 N–H and O–H groups in total. The summed E-state index contributed by atoms with van der Waals surface area (Å²) < 4.78 is 65.3. The molecule has 0 aliphatic heterocycles.